The van der Waals surface area contributed by atoms with Crippen molar-refractivity contribution in [3.63, 3.8) is 0 Å². The maximum absolute atomic E-state index is 12.3. The number of amides is 2. The molecule has 0 aliphatic carbocycles. The van der Waals surface area contributed by atoms with Gasteiger partial charge in [0.1, 0.15) is 0 Å². The highest BCUT2D eigenvalue weighted by molar-refractivity contribution is 7.09. The maximum Gasteiger partial charge on any atom is 0.248 e. The Bertz CT molecular complexity index is 638. The van der Waals surface area contributed by atoms with Gasteiger partial charge in [0.2, 0.25) is 11.8 Å². The molecule has 2 aromatic rings. The quantitative estimate of drug-likeness (QED) is 0.858. The normalized spacial score (nSPS) is 12.1. The lowest BCUT2D eigenvalue weighted by atomic mass is 10.2. The highest BCUT2D eigenvalue weighted by atomic mass is 32.1. The molecule has 0 radical (unpaired) electrons. The van der Waals surface area contributed by atoms with Gasteiger partial charge in [-0.15, -0.1) is 11.3 Å². The monoisotopic (exact) mass is 317 g/mol. The summed E-state index contributed by atoms with van der Waals surface area (Å²) in [6.07, 6.45) is 0. The lowest BCUT2D eigenvalue weighted by Crippen LogP contribution is -2.39. The van der Waals surface area contributed by atoms with E-state index in [-0.39, 0.29) is 11.9 Å². The Morgan fingerprint density at radius 3 is 2.50 bits per heavy atom. The van der Waals surface area contributed by atoms with E-state index < -0.39 is 5.91 Å². The van der Waals surface area contributed by atoms with Crippen molar-refractivity contribution in [3.8, 4) is 0 Å². The van der Waals surface area contributed by atoms with E-state index in [2.05, 4.69) is 5.32 Å². The van der Waals surface area contributed by atoms with Crippen LogP contribution >= 0.6 is 11.3 Å². The summed E-state index contributed by atoms with van der Waals surface area (Å²) in [6.45, 7) is 2.59. The first-order chi connectivity index (χ1) is 10.5. The van der Waals surface area contributed by atoms with E-state index >= 15 is 0 Å². The minimum atomic E-state index is -0.484. The van der Waals surface area contributed by atoms with Crippen molar-refractivity contribution in [2.24, 2.45) is 5.73 Å². The zero-order valence-electron chi connectivity index (χ0n) is 12.6. The second-order valence-electron chi connectivity index (χ2n) is 5.10. The summed E-state index contributed by atoms with van der Waals surface area (Å²) in [4.78, 5) is 26.5. The molecule has 0 saturated carbocycles. The molecule has 1 atom stereocenters. The molecule has 0 fully saturated rings. The molecule has 1 aromatic carbocycles. The van der Waals surface area contributed by atoms with E-state index in [1.165, 1.54) is 4.88 Å². The van der Waals surface area contributed by atoms with Crippen molar-refractivity contribution in [2.75, 3.05) is 12.4 Å². The number of likely N-dealkylation sites (N-methyl/N-ethyl adjacent to an activating group) is 1. The minimum Gasteiger partial charge on any atom is -0.366 e. The number of benzene rings is 1. The molecule has 0 spiro atoms. The fraction of sp³-hybridized carbons (Fsp3) is 0.250. The minimum absolute atomic E-state index is 0.0918. The van der Waals surface area contributed by atoms with Gasteiger partial charge in [-0.05, 0) is 49.7 Å². The molecule has 6 heteroatoms. The van der Waals surface area contributed by atoms with E-state index in [0.717, 1.165) is 6.54 Å². The molecule has 0 aliphatic heterocycles. The van der Waals surface area contributed by atoms with Crippen LogP contribution in [-0.4, -0.2) is 29.8 Å². The van der Waals surface area contributed by atoms with Gasteiger partial charge in [0, 0.05) is 22.7 Å². The summed E-state index contributed by atoms with van der Waals surface area (Å²) in [7, 11) is 1.92. The van der Waals surface area contributed by atoms with Crippen LogP contribution in [0.5, 0.6) is 0 Å². The van der Waals surface area contributed by atoms with Gasteiger partial charge in [0.05, 0.1) is 6.04 Å². The number of carbonyl (C=O) groups is 2. The number of anilines is 1. The molecule has 22 heavy (non-hydrogen) atoms. The third-order valence-electron chi connectivity index (χ3n) is 3.46. The van der Waals surface area contributed by atoms with E-state index in [0.29, 0.717) is 11.3 Å². The van der Waals surface area contributed by atoms with Gasteiger partial charge in [-0.2, -0.15) is 0 Å². The van der Waals surface area contributed by atoms with Crippen LogP contribution in [0.15, 0.2) is 41.8 Å². The molecule has 3 N–H and O–H groups in total. The molecule has 116 valence electrons. The van der Waals surface area contributed by atoms with E-state index in [1.807, 2.05) is 36.4 Å². The number of nitrogens with two attached hydrogens (primary N) is 1. The second-order valence-corrected chi connectivity index (χ2v) is 6.13. The van der Waals surface area contributed by atoms with Gasteiger partial charge in [-0.3, -0.25) is 14.5 Å². The number of thiophene rings is 1. The predicted molar refractivity (Wildman–Crippen MR) is 88.8 cm³/mol. The van der Waals surface area contributed by atoms with Crippen LogP contribution in [-0.2, 0) is 11.3 Å². The summed E-state index contributed by atoms with van der Waals surface area (Å²) in [6, 6.07) is 10.3. The van der Waals surface area contributed by atoms with Gasteiger partial charge in [-0.1, -0.05) is 6.07 Å². The molecule has 5 nitrogen and oxygen atoms in total. The molecule has 0 aliphatic rings. The van der Waals surface area contributed by atoms with Crippen molar-refractivity contribution >= 4 is 28.8 Å². The van der Waals surface area contributed by atoms with Gasteiger partial charge in [-0.25, -0.2) is 0 Å². The third-order valence-corrected chi connectivity index (χ3v) is 4.32. The first-order valence-electron chi connectivity index (χ1n) is 6.90. The number of carbonyl (C=O) groups excluding carboxylic acids is 2. The smallest absolute Gasteiger partial charge is 0.248 e. The highest BCUT2D eigenvalue weighted by Gasteiger charge is 2.18. The SMILES string of the molecule is C[C@@H](C(=O)Nc1ccc(C(N)=O)cc1)N(C)Cc1cccs1. The van der Waals surface area contributed by atoms with E-state index in [9.17, 15) is 9.59 Å². The van der Waals surface area contributed by atoms with Crippen LogP contribution < -0.4 is 11.1 Å². The summed E-state index contributed by atoms with van der Waals surface area (Å²) in [5.41, 5.74) is 6.25. The van der Waals surface area contributed by atoms with Crippen LogP contribution in [0.1, 0.15) is 22.2 Å². The first-order valence-corrected chi connectivity index (χ1v) is 7.78. The van der Waals surface area contributed by atoms with Crippen molar-refractivity contribution < 1.29 is 9.59 Å². The average Bonchev–Trinajstić information content (AvgIpc) is 2.99. The summed E-state index contributed by atoms with van der Waals surface area (Å²) < 4.78 is 0. The molecular formula is C16H19N3O2S. The van der Waals surface area contributed by atoms with Gasteiger partial charge in [0.15, 0.2) is 0 Å². The largest absolute Gasteiger partial charge is 0.366 e. The number of nitrogens with zero attached hydrogens (tertiary/aromatic N) is 1. The first kappa shape index (κ1) is 16.2. The van der Waals surface area contributed by atoms with Crippen LogP contribution in [0, 0.1) is 0 Å². The third kappa shape index (κ3) is 4.16. The summed E-state index contributed by atoms with van der Waals surface area (Å²) in [5, 5.41) is 4.86. The van der Waals surface area contributed by atoms with E-state index in [1.54, 1.807) is 35.6 Å². The lowest BCUT2D eigenvalue weighted by Gasteiger charge is -2.23. The summed E-state index contributed by atoms with van der Waals surface area (Å²) in [5.74, 6) is -0.576. The Labute approximate surface area is 133 Å². The predicted octanol–water partition coefficient (Wildman–Crippen LogP) is 2.31. The van der Waals surface area contributed by atoms with E-state index in [4.69, 9.17) is 5.73 Å². The van der Waals surface area contributed by atoms with Crippen molar-refractivity contribution in [3.05, 3.63) is 52.2 Å². The van der Waals surface area contributed by atoms with Crippen LogP contribution in [0.3, 0.4) is 0 Å². The average molecular weight is 317 g/mol. The Balaban J connectivity index is 1.94. The fourth-order valence-electron chi connectivity index (χ4n) is 1.95. The number of nitrogens with one attached hydrogen (secondary N) is 1. The van der Waals surface area contributed by atoms with Crippen LogP contribution in [0.2, 0.25) is 0 Å². The van der Waals surface area contributed by atoms with Gasteiger partial charge in [0.25, 0.3) is 0 Å². The second kappa shape index (κ2) is 7.20. The van der Waals surface area contributed by atoms with Gasteiger partial charge < -0.3 is 11.1 Å². The molecule has 2 amide bonds. The number of hydrogen-bond donors (Lipinski definition) is 2. The molecule has 0 saturated heterocycles. The highest BCUT2D eigenvalue weighted by Crippen LogP contribution is 2.14. The zero-order valence-corrected chi connectivity index (χ0v) is 13.4. The maximum atomic E-state index is 12.3. The Morgan fingerprint density at radius 2 is 1.95 bits per heavy atom. The Morgan fingerprint density at radius 1 is 1.27 bits per heavy atom. The summed E-state index contributed by atoms with van der Waals surface area (Å²) >= 11 is 1.67. The van der Waals surface area contributed by atoms with Crippen LogP contribution in [0.25, 0.3) is 0 Å². The molecular weight excluding hydrogens is 298 g/mol. The van der Waals surface area contributed by atoms with Gasteiger partial charge >= 0.3 is 0 Å². The molecule has 1 aromatic heterocycles. The molecule has 0 unspecified atom stereocenters. The molecule has 2 rings (SSSR count). The zero-order chi connectivity index (χ0) is 16.1. The van der Waals surface area contributed by atoms with Crippen molar-refractivity contribution in [2.45, 2.75) is 19.5 Å². The fourth-order valence-corrected chi connectivity index (χ4v) is 2.72. The standard InChI is InChI=1S/C16H19N3O2S/c1-11(19(2)10-14-4-3-9-22-14)16(21)18-13-7-5-12(6-8-13)15(17)20/h3-9,11H,10H2,1-2H3,(H2,17,20)(H,18,21)/t11-/m0/s1. The topological polar surface area (TPSA) is 75.4 Å². The number of hydrogen-bond acceptors (Lipinski definition) is 4. The number of primary amides is 1. The lowest BCUT2D eigenvalue weighted by molar-refractivity contribution is -0.120. The molecule has 1 heterocycles. The van der Waals surface area contributed by atoms with Crippen LogP contribution in [0.4, 0.5) is 5.69 Å². The Hall–Kier alpha value is -2.18. The molecule has 0 bridgehead atoms. The number of rotatable bonds is 6. The Kier molecular flexibility index (Phi) is 5.30. The van der Waals surface area contributed by atoms with Crippen molar-refractivity contribution in [1.82, 2.24) is 4.90 Å². The van der Waals surface area contributed by atoms with Crippen molar-refractivity contribution in [1.29, 1.82) is 0 Å².